The average Bonchev–Trinajstić information content (AvgIpc) is 3.33. The minimum absolute atomic E-state index is 0.197. The summed E-state index contributed by atoms with van der Waals surface area (Å²) in [5.74, 6) is -0.207. The molecule has 31 heavy (non-hydrogen) atoms. The van der Waals surface area contributed by atoms with Crippen molar-refractivity contribution in [3.63, 3.8) is 0 Å². The molecule has 0 heterocycles. The van der Waals surface area contributed by atoms with Crippen molar-refractivity contribution in [1.82, 2.24) is 0 Å². The summed E-state index contributed by atoms with van der Waals surface area (Å²) in [7, 11) is 1.21. The molecule has 2 aromatic carbocycles. The maximum absolute atomic E-state index is 13.0. The summed E-state index contributed by atoms with van der Waals surface area (Å²) in [6.45, 7) is 3.73. The molecular weight excluding hydrogens is 418 g/mol. The molecule has 2 aromatic rings. The van der Waals surface area contributed by atoms with Crippen molar-refractivity contribution in [2.45, 2.75) is 26.4 Å². The van der Waals surface area contributed by atoms with Gasteiger partial charge in [0.1, 0.15) is 22.6 Å². The van der Waals surface area contributed by atoms with Crippen molar-refractivity contribution in [1.29, 1.82) is 5.26 Å². The zero-order valence-electron chi connectivity index (χ0n) is 17.4. The van der Waals surface area contributed by atoms with Crippen LogP contribution in [0.3, 0.4) is 0 Å². The van der Waals surface area contributed by atoms with E-state index in [0.29, 0.717) is 23.5 Å². The molecule has 3 rings (SSSR count). The molecule has 2 atom stereocenters. The maximum atomic E-state index is 13.0. The summed E-state index contributed by atoms with van der Waals surface area (Å²) in [4.78, 5) is 24.7. The fourth-order valence-corrected chi connectivity index (χ4v) is 3.69. The van der Waals surface area contributed by atoms with Crippen molar-refractivity contribution in [2.24, 2.45) is 10.8 Å². The molecular formula is C24H22ClNO5. The number of ether oxygens (including phenoxy) is 3. The van der Waals surface area contributed by atoms with E-state index in [9.17, 15) is 14.9 Å². The zero-order valence-corrected chi connectivity index (χ0v) is 18.2. The molecule has 160 valence electrons. The second kappa shape index (κ2) is 8.83. The lowest BCUT2D eigenvalue weighted by Gasteiger charge is -2.19. The number of nitrogens with zero attached hydrogens (tertiary/aromatic N) is 1. The molecule has 7 heteroatoms. The number of esters is 2. The Kier molecular flexibility index (Phi) is 6.37. The van der Waals surface area contributed by atoms with Crippen LogP contribution >= 0.6 is 11.6 Å². The average molecular weight is 440 g/mol. The van der Waals surface area contributed by atoms with E-state index >= 15 is 0 Å². The third-order valence-corrected chi connectivity index (χ3v) is 5.67. The Morgan fingerprint density at radius 1 is 1.13 bits per heavy atom. The van der Waals surface area contributed by atoms with Crippen LogP contribution in [0.25, 0.3) is 0 Å². The van der Waals surface area contributed by atoms with Gasteiger partial charge < -0.3 is 14.2 Å². The first kappa shape index (κ1) is 22.4. The lowest BCUT2D eigenvalue weighted by Crippen LogP contribution is -2.24. The lowest BCUT2D eigenvalue weighted by atomic mass is 9.95. The Morgan fingerprint density at radius 3 is 2.35 bits per heavy atom. The number of carbonyl (C=O) groups excluding carboxylic acids is 2. The van der Waals surface area contributed by atoms with E-state index in [1.807, 2.05) is 50.2 Å². The van der Waals surface area contributed by atoms with Crippen LogP contribution in [-0.2, 0) is 19.1 Å². The first-order valence-corrected chi connectivity index (χ1v) is 10.0. The molecule has 0 aromatic heterocycles. The molecule has 0 radical (unpaired) electrons. The highest BCUT2D eigenvalue weighted by Gasteiger charge is 2.66. The van der Waals surface area contributed by atoms with Gasteiger partial charge in [-0.05, 0) is 42.2 Å². The third-order valence-electron chi connectivity index (χ3n) is 5.40. The zero-order chi connectivity index (χ0) is 22.6. The van der Waals surface area contributed by atoms with E-state index in [2.05, 4.69) is 4.74 Å². The molecule has 0 N–H and O–H groups in total. The van der Waals surface area contributed by atoms with Gasteiger partial charge in [-0.25, -0.2) is 4.79 Å². The van der Waals surface area contributed by atoms with Gasteiger partial charge in [-0.2, -0.15) is 5.26 Å². The number of hydrogen-bond acceptors (Lipinski definition) is 6. The van der Waals surface area contributed by atoms with Gasteiger partial charge in [0.25, 0.3) is 0 Å². The molecule has 0 aliphatic heterocycles. The van der Waals surface area contributed by atoms with Gasteiger partial charge in [0.15, 0.2) is 0 Å². The Bertz CT molecular complexity index is 1060. The Morgan fingerprint density at radius 2 is 1.77 bits per heavy atom. The van der Waals surface area contributed by atoms with Gasteiger partial charge >= 0.3 is 11.9 Å². The van der Waals surface area contributed by atoms with E-state index in [1.165, 1.54) is 13.2 Å². The van der Waals surface area contributed by atoms with Crippen molar-refractivity contribution in [2.75, 3.05) is 7.11 Å². The minimum atomic E-state index is -1.15. The van der Waals surface area contributed by atoms with E-state index in [0.717, 1.165) is 0 Å². The van der Waals surface area contributed by atoms with Crippen LogP contribution in [0.1, 0.15) is 31.9 Å². The lowest BCUT2D eigenvalue weighted by molar-refractivity contribution is -0.152. The fourth-order valence-electron chi connectivity index (χ4n) is 3.43. The molecule has 0 saturated heterocycles. The van der Waals surface area contributed by atoms with Crippen LogP contribution < -0.4 is 4.74 Å². The molecule has 1 aliphatic carbocycles. The van der Waals surface area contributed by atoms with Crippen molar-refractivity contribution in [3.8, 4) is 17.6 Å². The highest BCUT2D eigenvalue weighted by Crippen LogP contribution is 2.65. The second-order valence-corrected chi connectivity index (χ2v) is 8.33. The van der Waals surface area contributed by atoms with Crippen LogP contribution in [0.5, 0.6) is 11.5 Å². The van der Waals surface area contributed by atoms with E-state index in [1.54, 1.807) is 24.3 Å². The predicted octanol–water partition coefficient (Wildman–Crippen LogP) is 5.30. The number of benzene rings is 2. The second-order valence-electron chi connectivity index (χ2n) is 7.92. The minimum Gasteiger partial charge on any atom is -0.465 e. The fraction of sp³-hybridized carbons (Fsp3) is 0.292. The van der Waals surface area contributed by atoms with Gasteiger partial charge in [0.05, 0.1) is 12.5 Å². The van der Waals surface area contributed by atoms with Crippen LogP contribution in [0.15, 0.2) is 65.7 Å². The van der Waals surface area contributed by atoms with E-state index in [4.69, 9.17) is 21.1 Å². The van der Waals surface area contributed by atoms with Crippen LogP contribution in [0, 0.1) is 22.2 Å². The number of methoxy groups -OCH3 is 1. The summed E-state index contributed by atoms with van der Waals surface area (Å²) in [6.07, 6.45) is 0.651. The Labute approximate surface area is 186 Å². The number of halogens is 1. The molecule has 6 nitrogen and oxygen atoms in total. The molecule has 0 unspecified atom stereocenters. The summed E-state index contributed by atoms with van der Waals surface area (Å²) in [5, 5.41) is 9.45. The quantitative estimate of drug-likeness (QED) is 0.430. The highest BCUT2D eigenvalue weighted by atomic mass is 35.5. The van der Waals surface area contributed by atoms with Gasteiger partial charge in [-0.15, -0.1) is 0 Å². The number of nitriles is 1. The van der Waals surface area contributed by atoms with Crippen molar-refractivity contribution in [3.05, 3.63) is 71.3 Å². The SMILES string of the molecule is COC(=O)C(Cl)=C[C@]1(C(=O)O[C@H](C#N)c2cccc(Oc3ccccc3)c2)CC1(C)C. The Hall–Kier alpha value is -3.30. The van der Waals surface area contributed by atoms with Crippen molar-refractivity contribution < 1.29 is 23.8 Å². The first-order valence-electron chi connectivity index (χ1n) is 9.63. The van der Waals surface area contributed by atoms with Crippen LogP contribution in [0.2, 0.25) is 0 Å². The van der Waals surface area contributed by atoms with E-state index in [-0.39, 0.29) is 5.03 Å². The largest absolute Gasteiger partial charge is 0.465 e. The van der Waals surface area contributed by atoms with Crippen LogP contribution in [-0.4, -0.2) is 19.0 Å². The third kappa shape index (κ3) is 4.73. The summed E-state index contributed by atoms with van der Waals surface area (Å²) in [6, 6.07) is 18.0. The monoisotopic (exact) mass is 439 g/mol. The van der Waals surface area contributed by atoms with Crippen molar-refractivity contribution >= 4 is 23.5 Å². The number of para-hydroxylation sites is 1. The van der Waals surface area contributed by atoms with Gasteiger partial charge in [-0.1, -0.05) is 55.8 Å². The molecule has 0 amide bonds. The molecule has 1 saturated carbocycles. The van der Waals surface area contributed by atoms with E-state index < -0.39 is 28.9 Å². The normalized spacial score (nSPS) is 20.2. The summed E-state index contributed by atoms with van der Waals surface area (Å²) < 4.78 is 16.0. The molecule has 0 spiro atoms. The summed E-state index contributed by atoms with van der Waals surface area (Å²) >= 11 is 6.01. The highest BCUT2D eigenvalue weighted by molar-refractivity contribution is 6.41. The van der Waals surface area contributed by atoms with Gasteiger partial charge in [0.2, 0.25) is 6.10 Å². The number of rotatable bonds is 7. The molecule has 1 fully saturated rings. The van der Waals surface area contributed by atoms with Gasteiger partial charge in [0, 0.05) is 5.56 Å². The molecule has 0 bridgehead atoms. The number of hydrogen-bond donors (Lipinski definition) is 0. The predicted molar refractivity (Wildman–Crippen MR) is 114 cm³/mol. The smallest absolute Gasteiger partial charge is 0.349 e. The number of carbonyl (C=O) groups is 2. The molecule has 1 aliphatic rings. The summed E-state index contributed by atoms with van der Waals surface area (Å²) in [5.41, 5.74) is -1.11. The Balaban J connectivity index is 1.81. The van der Waals surface area contributed by atoms with Crippen LogP contribution in [0.4, 0.5) is 0 Å². The van der Waals surface area contributed by atoms with Gasteiger partial charge in [-0.3, -0.25) is 4.79 Å². The maximum Gasteiger partial charge on any atom is 0.349 e. The standard InChI is InChI=1S/C24H22ClNO5/c1-23(2)15-24(23,13-19(25)21(27)29-3)22(28)31-20(14-26)16-8-7-11-18(12-16)30-17-9-5-4-6-10-17/h4-13,20H,15H2,1-3H3/t20-,24-/m1/s1. The first-order chi connectivity index (χ1) is 14.7. The topological polar surface area (TPSA) is 85.6 Å².